The van der Waals surface area contributed by atoms with Gasteiger partial charge in [0, 0.05) is 23.2 Å². The second-order valence-corrected chi connectivity index (χ2v) is 6.66. The first-order valence-corrected chi connectivity index (χ1v) is 9.00. The summed E-state index contributed by atoms with van der Waals surface area (Å²) in [5, 5.41) is 0.959. The summed E-state index contributed by atoms with van der Waals surface area (Å²) in [5.74, 6) is 0.890. The second-order valence-electron chi connectivity index (χ2n) is 6.66. The highest BCUT2D eigenvalue weighted by molar-refractivity contribution is 5.95. The highest BCUT2D eigenvalue weighted by Crippen LogP contribution is 2.40. The van der Waals surface area contributed by atoms with Crippen LogP contribution in [0.1, 0.15) is 15.9 Å². The first kappa shape index (κ1) is 15.7. The molecule has 1 aromatic heterocycles. The highest BCUT2D eigenvalue weighted by atomic mass is 16.1. The monoisotopic (exact) mass is 351 g/mol. The van der Waals surface area contributed by atoms with E-state index in [2.05, 4.69) is 57.3 Å². The third-order valence-electron chi connectivity index (χ3n) is 5.14. The minimum atomic E-state index is 0.625. The van der Waals surface area contributed by atoms with Crippen molar-refractivity contribution in [3.8, 4) is 11.1 Å². The highest BCUT2D eigenvalue weighted by Gasteiger charge is 2.25. The molecule has 0 saturated heterocycles. The van der Waals surface area contributed by atoms with Gasteiger partial charge < -0.3 is 4.90 Å². The number of fused-ring (bicyclic) bond motifs is 2. The fourth-order valence-corrected chi connectivity index (χ4v) is 3.89. The molecule has 0 spiro atoms. The van der Waals surface area contributed by atoms with Gasteiger partial charge in [0.1, 0.15) is 18.4 Å². The average Bonchev–Trinajstić information content (AvgIpc) is 3.17. The van der Waals surface area contributed by atoms with Crippen molar-refractivity contribution < 1.29 is 4.79 Å². The predicted octanol–water partition coefficient (Wildman–Crippen LogP) is 4.80. The van der Waals surface area contributed by atoms with E-state index in [1.165, 1.54) is 22.4 Å². The van der Waals surface area contributed by atoms with E-state index in [0.717, 1.165) is 36.0 Å². The van der Waals surface area contributed by atoms with Gasteiger partial charge in [-0.25, -0.2) is 9.97 Å². The Labute approximate surface area is 157 Å². The van der Waals surface area contributed by atoms with Crippen LogP contribution in [0.5, 0.6) is 0 Å². The number of benzene rings is 3. The van der Waals surface area contributed by atoms with Crippen molar-refractivity contribution in [1.29, 1.82) is 0 Å². The normalized spacial score (nSPS) is 13.0. The van der Waals surface area contributed by atoms with Gasteiger partial charge in [0.05, 0.1) is 5.52 Å². The fourth-order valence-electron chi connectivity index (χ4n) is 3.89. The minimum Gasteiger partial charge on any atom is -0.325 e. The number of anilines is 2. The number of hydrogen-bond donors (Lipinski definition) is 0. The van der Waals surface area contributed by atoms with Crippen molar-refractivity contribution in [2.75, 3.05) is 11.4 Å². The van der Waals surface area contributed by atoms with Crippen LogP contribution in [-0.2, 0) is 6.42 Å². The zero-order chi connectivity index (χ0) is 18.2. The zero-order valence-corrected chi connectivity index (χ0v) is 14.7. The van der Waals surface area contributed by atoms with Crippen molar-refractivity contribution in [3.05, 3.63) is 84.2 Å². The molecule has 3 aromatic carbocycles. The molecule has 0 aliphatic carbocycles. The molecule has 0 saturated carbocycles. The van der Waals surface area contributed by atoms with Gasteiger partial charge in [-0.2, -0.15) is 0 Å². The SMILES string of the molecule is O=Cc1ccc2c(N3CCc4c(-c5ccccc5)cccc43)ncnc2c1. The van der Waals surface area contributed by atoms with Gasteiger partial charge in [0.25, 0.3) is 0 Å². The van der Waals surface area contributed by atoms with E-state index in [0.29, 0.717) is 5.56 Å². The van der Waals surface area contributed by atoms with E-state index in [1.807, 2.05) is 24.3 Å². The topological polar surface area (TPSA) is 46.1 Å². The van der Waals surface area contributed by atoms with Crippen LogP contribution in [0.2, 0.25) is 0 Å². The Morgan fingerprint density at radius 1 is 0.926 bits per heavy atom. The van der Waals surface area contributed by atoms with Crippen molar-refractivity contribution in [2.24, 2.45) is 0 Å². The Balaban J connectivity index is 1.65. The lowest BCUT2D eigenvalue weighted by Gasteiger charge is -2.20. The van der Waals surface area contributed by atoms with E-state index in [9.17, 15) is 4.79 Å². The second kappa shape index (κ2) is 6.32. The predicted molar refractivity (Wildman–Crippen MR) is 108 cm³/mol. The van der Waals surface area contributed by atoms with Crippen LogP contribution in [0.15, 0.2) is 73.1 Å². The molecule has 0 radical (unpaired) electrons. The van der Waals surface area contributed by atoms with Gasteiger partial charge in [-0.1, -0.05) is 48.5 Å². The standard InChI is InChI=1S/C23H17N3O/c27-14-16-9-10-20-21(13-16)24-15-25-23(20)26-12-11-19-18(7-4-8-22(19)26)17-5-2-1-3-6-17/h1-10,13-15H,11-12H2. The Bertz CT molecular complexity index is 1150. The maximum absolute atomic E-state index is 11.1. The molecular weight excluding hydrogens is 334 g/mol. The summed E-state index contributed by atoms with van der Waals surface area (Å²) >= 11 is 0. The molecule has 27 heavy (non-hydrogen) atoms. The molecule has 0 amide bonds. The lowest BCUT2D eigenvalue weighted by Crippen LogP contribution is -2.15. The largest absolute Gasteiger partial charge is 0.325 e. The number of nitrogens with zero attached hydrogens (tertiary/aromatic N) is 3. The van der Waals surface area contributed by atoms with Crippen molar-refractivity contribution >= 4 is 28.7 Å². The summed E-state index contributed by atoms with van der Waals surface area (Å²) in [6, 6.07) is 22.5. The maximum Gasteiger partial charge on any atom is 0.150 e. The maximum atomic E-state index is 11.1. The molecule has 4 nitrogen and oxygen atoms in total. The fraction of sp³-hybridized carbons (Fsp3) is 0.0870. The summed E-state index contributed by atoms with van der Waals surface area (Å²) in [4.78, 5) is 22.2. The van der Waals surface area contributed by atoms with Crippen LogP contribution in [0.3, 0.4) is 0 Å². The van der Waals surface area contributed by atoms with Crippen LogP contribution < -0.4 is 4.90 Å². The third-order valence-corrected chi connectivity index (χ3v) is 5.14. The molecular formula is C23H17N3O. The Morgan fingerprint density at radius 2 is 1.81 bits per heavy atom. The van der Waals surface area contributed by atoms with E-state index >= 15 is 0 Å². The number of aromatic nitrogens is 2. The molecule has 4 aromatic rings. The molecule has 0 bridgehead atoms. The third kappa shape index (κ3) is 2.57. The first-order valence-electron chi connectivity index (χ1n) is 9.00. The summed E-state index contributed by atoms with van der Waals surface area (Å²) in [6.45, 7) is 0.876. The summed E-state index contributed by atoms with van der Waals surface area (Å²) in [5.41, 5.74) is 6.46. The van der Waals surface area contributed by atoms with Gasteiger partial charge in [-0.15, -0.1) is 0 Å². The van der Waals surface area contributed by atoms with Crippen LogP contribution in [0.25, 0.3) is 22.0 Å². The number of hydrogen-bond acceptors (Lipinski definition) is 4. The number of carbonyl (C=O) groups is 1. The van der Waals surface area contributed by atoms with Crippen LogP contribution in [-0.4, -0.2) is 22.8 Å². The summed E-state index contributed by atoms with van der Waals surface area (Å²) in [6.07, 6.45) is 3.39. The van der Waals surface area contributed by atoms with Gasteiger partial charge in [-0.05, 0) is 41.3 Å². The average molecular weight is 351 g/mol. The van der Waals surface area contributed by atoms with E-state index < -0.39 is 0 Å². The molecule has 130 valence electrons. The van der Waals surface area contributed by atoms with Crippen molar-refractivity contribution in [3.63, 3.8) is 0 Å². The lowest BCUT2D eigenvalue weighted by molar-refractivity contribution is 0.112. The molecule has 1 aliphatic heterocycles. The van der Waals surface area contributed by atoms with E-state index in [1.54, 1.807) is 6.33 Å². The van der Waals surface area contributed by atoms with E-state index in [4.69, 9.17) is 0 Å². The zero-order valence-electron chi connectivity index (χ0n) is 14.7. The molecule has 4 heteroatoms. The Hall–Kier alpha value is -3.53. The quantitative estimate of drug-likeness (QED) is 0.497. The van der Waals surface area contributed by atoms with Crippen molar-refractivity contribution in [2.45, 2.75) is 6.42 Å². The lowest BCUT2D eigenvalue weighted by atomic mass is 9.98. The van der Waals surface area contributed by atoms with Gasteiger partial charge >= 0.3 is 0 Å². The molecule has 5 rings (SSSR count). The Kier molecular flexibility index (Phi) is 3.68. The molecule has 0 fully saturated rings. The number of aldehydes is 1. The number of carbonyl (C=O) groups excluding carboxylic acids is 1. The van der Waals surface area contributed by atoms with Crippen LogP contribution >= 0.6 is 0 Å². The van der Waals surface area contributed by atoms with Gasteiger partial charge in [-0.3, -0.25) is 4.79 Å². The van der Waals surface area contributed by atoms with Gasteiger partial charge in [0.15, 0.2) is 0 Å². The molecule has 0 atom stereocenters. The van der Waals surface area contributed by atoms with Crippen LogP contribution in [0.4, 0.5) is 11.5 Å². The molecule has 1 aliphatic rings. The summed E-state index contributed by atoms with van der Waals surface area (Å²) in [7, 11) is 0. The minimum absolute atomic E-state index is 0.625. The molecule has 0 unspecified atom stereocenters. The molecule has 0 N–H and O–H groups in total. The Morgan fingerprint density at radius 3 is 2.67 bits per heavy atom. The summed E-state index contributed by atoms with van der Waals surface area (Å²) < 4.78 is 0. The number of rotatable bonds is 3. The van der Waals surface area contributed by atoms with Crippen LogP contribution in [0, 0.1) is 0 Å². The van der Waals surface area contributed by atoms with E-state index in [-0.39, 0.29) is 0 Å². The molecule has 2 heterocycles. The van der Waals surface area contributed by atoms with Gasteiger partial charge in [0.2, 0.25) is 0 Å². The smallest absolute Gasteiger partial charge is 0.150 e. The van der Waals surface area contributed by atoms with Crippen molar-refractivity contribution in [1.82, 2.24) is 9.97 Å². The first-order chi connectivity index (χ1) is 13.3.